The molecule has 112 valence electrons. The molecule has 19 heavy (non-hydrogen) atoms. The summed E-state index contributed by atoms with van der Waals surface area (Å²) in [6.45, 7) is 4.57. The van der Waals surface area contributed by atoms with Crippen molar-refractivity contribution < 1.29 is 19.4 Å². The Labute approximate surface area is 113 Å². The number of carbonyl (C=O) groups is 1. The molecule has 0 radical (unpaired) electrons. The first-order chi connectivity index (χ1) is 9.14. The maximum absolute atomic E-state index is 10.8. The summed E-state index contributed by atoms with van der Waals surface area (Å²) in [4.78, 5) is 10.8. The molecule has 7 nitrogen and oxygen atoms in total. The average Bonchev–Trinajstić information content (AvgIpc) is 2.49. The zero-order chi connectivity index (χ0) is 14.1. The van der Waals surface area contributed by atoms with Crippen molar-refractivity contribution in [3.8, 4) is 0 Å². The van der Waals surface area contributed by atoms with E-state index in [1.54, 1.807) is 0 Å². The van der Waals surface area contributed by atoms with Crippen LogP contribution < -0.4 is 16.8 Å². The first kappa shape index (κ1) is 16.3. The van der Waals surface area contributed by atoms with Gasteiger partial charge in [-0.25, -0.2) is 0 Å². The second-order valence-electron chi connectivity index (χ2n) is 4.83. The van der Waals surface area contributed by atoms with Gasteiger partial charge in [0.2, 0.25) is 0 Å². The van der Waals surface area contributed by atoms with E-state index in [1.807, 2.05) is 0 Å². The Balaban J connectivity index is 0.000000200. The van der Waals surface area contributed by atoms with Gasteiger partial charge in [-0.1, -0.05) is 0 Å². The number of nitrogens with two attached hydrogens (primary N) is 2. The molecule has 0 spiro atoms. The fourth-order valence-electron chi connectivity index (χ4n) is 2.04. The van der Waals surface area contributed by atoms with Crippen LogP contribution in [0.25, 0.3) is 0 Å². The van der Waals surface area contributed by atoms with E-state index in [1.165, 1.54) is 0 Å². The van der Waals surface area contributed by atoms with Gasteiger partial charge in [-0.3, -0.25) is 4.79 Å². The highest BCUT2D eigenvalue weighted by Crippen LogP contribution is 2.29. The number of morpholine rings is 1. The number of aliphatic carboxylic acids is 1. The van der Waals surface area contributed by atoms with Crippen molar-refractivity contribution in [1.82, 2.24) is 5.32 Å². The number of carboxylic acids is 1. The molecule has 0 bridgehead atoms. The predicted molar refractivity (Wildman–Crippen MR) is 70.8 cm³/mol. The van der Waals surface area contributed by atoms with Crippen molar-refractivity contribution in [3.05, 3.63) is 0 Å². The number of hydrogen-bond donors (Lipinski definition) is 4. The van der Waals surface area contributed by atoms with Gasteiger partial charge in [0.25, 0.3) is 0 Å². The van der Waals surface area contributed by atoms with Gasteiger partial charge in [-0.05, 0) is 12.8 Å². The van der Waals surface area contributed by atoms with Crippen molar-refractivity contribution in [3.63, 3.8) is 0 Å². The van der Waals surface area contributed by atoms with Gasteiger partial charge in [0, 0.05) is 39.4 Å². The van der Waals surface area contributed by atoms with Crippen LogP contribution in [0.2, 0.25) is 0 Å². The van der Waals surface area contributed by atoms with Crippen molar-refractivity contribution in [2.24, 2.45) is 16.9 Å². The lowest BCUT2D eigenvalue weighted by atomic mass is 9.80. The first-order valence-electron chi connectivity index (χ1n) is 6.68. The van der Waals surface area contributed by atoms with E-state index in [9.17, 15) is 4.79 Å². The standard InChI is InChI=1S/C7H13NO3.C5H12N2O/c8-5-7(6(9)10)1-3-11-4-2-7;6-3-5-4-7-1-2-8-5/h1-5,8H2,(H,9,10);5,7H,1-4,6H2. The minimum atomic E-state index is -0.789. The molecule has 0 saturated carbocycles. The molecular weight excluding hydrogens is 250 g/mol. The van der Waals surface area contributed by atoms with E-state index < -0.39 is 11.4 Å². The Hall–Kier alpha value is -0.730. The van der Waals surface area contributed by atoms with Crippen LogP contribution in [0.3, 0.4) is 0 Å². The summed E-state index contributed by atoms with van der Waals surface area (Å²) >= 11 is 0. The largest absolute Gasteiger partial charge is 0.481 e. The highest BCUT2D eigenvalue weighted by molar-refractivity contribution is 5.75. The van der Waals surface area contributed by atoms with Crippen molar-refractivity contribution in [2.45, 2.75) is 18.9 Å². The van der Waals surface area contributed by atoms with E-state index in [-0.39, 0.29) is 12.6 Å². The minimum absolute atomic E-state index is 0.214. The molecule has 6 N–H and O–H groups in total. The Morgan fingerprint density at radius 2 is 2.00 bits per heavy atom. The lowest BCUT2D eigenvalue weighted by Gasteiger charge is -2.31. The van der Waals surface area contributed by atoms with Gasteiger partial charge in [0.15, 0.2) is 0 Å². The monoisotopic (exact) mass is 275 g/mol. The average molecular weight is 275 g/mol. The summed E-state index contributed by atoms with van der Waals surface area (Å²) in [5.41, 5.74) is 10.0. The molecule has 0 aromatic carbocycles. The van der Waals surface area contributed by atoms with Crippen molar-refractivity contribution >= 4 is 5.97 Å². The normalized spacial score (nSPS) is 26.1. The summed E-state index contributed by atoms with van der Waals surface area (Å²) in [5, 5.41) is 12.0. The molecule has 0 aliphatic carbocycles. The van der Waals surface area contributed by atoms with Crippen LogP contribution in [-0.2, 0) is 14.3 Å². The number of carboxylic acid groups (broad SMARTS) is 1. The zero-order valence-electron chi connectivity index (χ0n) is 11.3. The third kappa shape index (κ3) is 5.04. The van der Waals surface area contributed by atoms with Crippen LogP contribution in [0, 0.1) is 5.41 Å². The Bertz CT molecular complexity index is 264. The van der Waals surface area contributed by atoms with E-state index in [0.29, 0.717) is 32.6 Å². The maximum atomic E-state index is 10.8. The second kappa shape index (κ2) is 8.44. The third-order valence-corrected chi connectivity index (χ3v) is 3.56. The molecule has 1 atom stereocenters. The van der Waals surface area contributed by atoms with Crippen molar-refractivity contribution in [1.29, 1.82) is 0 Å². The summed E-state index contributed by atoms with van der Waals surface area (Å²) in [6, 6.07) is 0. The van der Waals surface area contributed by atoms with Crippen LogP contribution >= 0.6 is 0 Å². The van der Waals surface area contributed by atoms with Crippen LogP contribution in [0.15, 0.2) is 0 Å². The molecule has 7 heteroatoms. The first-order valence-corrected chi connectivity index (χ1v) is 6.68. The molecule has 0 aromatic rings. The van der Waals surface area contributed by atoms with Gasteiger partial charge in [-0.15, -0.1) is 0 Å². The van der Waals surface area contributed by atoms with Crippen LogP contribution in [0.4, 0.5) is 0 Å². The summed E-state index contributed by atoms with van der Waals surface area (Å²) in [5.74, 6) is -0.789. The Morgan fingerprint density at radius 3 is 2.32 bits per heavy atom. The van der Waals surface area contributed by atoms with Crippen LogP contribution in [0.5, 0.6) is 0 Å². The SMILES string of the molecule is NCC1(C(=O)O)CCOCC1.NCC1CNCCO1. The molecule has 0 aromatic heterocycles. The van der Waals surface area contributed by atoms with E-state index in [0.717, 1.165) is 19.7 Å². The van der Waals surface area contributed by atoms with Gasteiger partial charge >= 0.3 is 5.97 Å². The topological polar surface area (TPSA) is 120 Å². The molecule has 2 aliphatic rings. The van der Waals surface area contributed by atoms with Gasteiger partial charge in [-0.2, -0.15) is 0 Å². The number of nitrogens with one attached hydrogen (secondary N) is 1. The fourth-order valence-corrected chi connectivity index (χ4v) is 2.04. The fraction of sp³-hybridized carbons (Fsp3) is 0.917. The molecule has 2 rings (SSSR count). The zero-order valence-corrected chi connectivity index (χ0v) is 11.3. The molecule has 2 saturated heterocycles. The molecule has 0 amide bonds. The smallest absolute Gasteiger partial charge is 0.311 e. The van der Waals surface area contributed by atoms with Crippen LogP contribution in [0.1, 0.15) is 12.8 Å². The summed E-state index contributed by atoms with van der Waals surface area (Å²) in [6.07, 6.45) is 1.33. The quantitative estimate of drug-likeness (QED) is 0.508. The second-order valence-corrected chi connectivity index (χ2v) is 4.83. The lowest BCUT2D eigenvalue weighted by molar-refractivity contribution is -0.153. The Kier molecular flexibility index (Phi) is 7.25. The van der Waals surface area contributed by atoms with Crippen LogP contribution in [-0.4, -0.2) is 63.2 Å². The van der Waals surface area contributed by atoms with Gasteiger partial charge in [0.1, 0.15) is 0 Å². The molecule has 1 unspecified atom stereocenters. The molecule has 2 fully saturated rings. The van der Waals surface area contributed by atoms with Gasteiger partial charge < -0.3 is 31.4 Å². The number of ether oxygens (including phenoxy) is 2. The highest BCUT2D eigenvalue weighted by atomic mass is 16.5. The number of hydrogen-bond acceptors (Lipinski definition) is 6. The van der Waals surface area contributed by atoms with Crippen molar-refractivity contribution in [2.75, 3.05) is 46.0 Å². The lowest BCUT2D eigenvalue weighted by Crippen LogP contribution is -2.43. The predicted octanol–water partition coefficient (Wildman–Crippen LogP) is -1.24. The molecular formula is C12H25N3O4. The third-order valence-electron chi connectivity index (χ3n) is 3.56. The highest BCUT2D eigenvalue weighted by Gasteiger charge is 2.38. The maximum Gasteiger partial charge on any atom is 0.311 e. The molecule has 2 heterocycles. The van der Waals surface area contributed by atoms with E-state index >= 15 is 0 Å². The minimum Gasteiger partial charge on any atom is -0.481 e. The summed E-state index contributed by atoms with van der Waals surface area (Å²) in [7, 11) is 0. The molecule has 2 aliphatic heterocycles. The van der Waals surface area contributed by atoms with Gasteiger partial charge in [0.05, 0.1) is 18.1 Å². The summed E-state index contributed by atoms with van der Waals surface area (Å²) < 4.78 is 10.3. The van der Waals surface area contributed by atoms with E-state index in [2.05, 4.69) is 5.32 Å². The number of rotatable bonds is 3. The Morgan fingerprint density at radius 1 is 1.32 bits per heavy atom. The van der Waals surface area contributed by atoms with E-state index in [4.69, 9.17) is 26.0 Å².